The van der Waals surface area contributed by atoms with Gasteiger partial charge in [0.15, 0.2) is 5.78 Å². The van der Waals surface area contributed by atoms with E-state index in [-0.39, 0.29) is 47.8 Å². The number of hydrogen-bond donors (Lipinski definition) is 2. The Morgan fingerprint density at radius 3 is 2.55 bits per heavy atom. The highest BCUT2D eigenvalue weighted by molar-refractivity contribution is 5.87. The van der Waals surface area contributed by atoms with E-state index in [1.165, 1.54) is 7.11 Å². The molecule has 4 aliphatic rings. The number of carbonyl (C=O) groups is 2. The Morgan fingerprint density at radius 1 is 1.19 bits per heavy atom. The molecule has 0 aromatic heterocycles. The van der Waals surface area contributed by atoms with Crippen LogP contribution in [-0.4, -0.2) is 47.5 Å². The summed E-state index contributed by atoms with van der Waals surface area (Å²) in [5, 5.41) is 21.3. The predicted molar refractivity (Wildman–Crippen MR) is 114 cm³/mol. The van der Waals surface area contributed by atoms with Gasteiger partial charge in [0.1, 0.15) is 12.3 Å². The van der Waals surface area contributed by atoms with E-state index in [0.717, 1.165) is 32.1 Å². The summed E-state index contributed by atoms with van der Waals surface area (Å²) in [6.07, 6.45) is 2.03. The molecule has 6 heteroatoms. The van der Waals surface area contributed by atoms with Gasteiger partial charge in [-0.3, -0.25) is 9.59 Å². The fraction of sp³-hybridized carbons (Fsp3) is 0.920. The zero-order valence-electron chi connectivity index (χ0n) is 19.4. The fourth-order valence-electron chi connectivity index (χ4n) is 8.63. The van der Waals surface area contributed by atoms with E-state index in [9.17, 15) is 24.2 Å². The maximum Gasteiger partial charge on any atom is 0.305 e. The average Bonchev–Trinajstić information content (AvgIpc) is 3.09. The van der Waals surface area contributed by atoms with Crippen LogP contribution < -0.4 is 0 Å². The number of aliphatic hydroxyl groups excluding tert-OH is 2. The van der Waals surface area contributed by atoms with Gasteiger partial charge in [-0.25, -0.2) is 4.39 Å². The van der Waals surface area contributed by atoms with Crippen molar-refractivity contribution >= 4 is 11.8 Å². The molecule has 0 bridgehead atoms. The van der Waals surface area contributed by atoms with Gasteiger partial charge in [0, 0.05) is 12.3 Å². The second-order valence-corrected chi connectivity index (χ2v) is 11.5. The van der Waals surface area contributed by atoms with Gasteiger partial charge >= 0.3 is 5.97 Å². The van der Waals surface area contributed by atoms with E-state index in [0.29, 0.717) is 18.3 Å². The van der Waals surface area contributed by atoms with Gasteiger partial charge in [0.05, 0.1) is 13.2 Å². The summed E-state index contributed by atoms with van der Waals surface area (Å²) >= 11 is 0. The van der Waals surface area contributed by atoms with Crippen molar-refractivity contribution < 1.29 is 28.9 Å². The normalized spacial score (nSPS) is 50.2. The summed E-state index contributed by atoms with van der Waals surface area (Å²) < 4.78 is 19.4. The molecule has 0 spiro atoms. The van der Waals surface area contributed by atoms with Gasteiger partial charge in [0.2, 0.25) is 0 Å². The van der Waals surface area contributed by atoms with E-state index in [4.69, 9.17) is 4.74 Å². The SMILES string of the molecule is COC(=O)CC[C@@H](C)[C@H]1CC[C@H]2[C@@H]3[C@H](O)C(=O)[C@H]4C[C@H](O)[C@@H](F)C[C@]4(C)[C@H]3CC[C@]12C. The molecule has 31 heavy (non-hydrogen) atoms. The molecule has 0 aromatic rings. The Labute approximate surface area is 185 Å². The zero-order chi connectivity index (χ0) is 22.7. The molecule has 4 rings (SSSR count). The maximum atomic E-state index is 14.6. The largest absolute Gasteiger partial charge is 0.469 e. The lowest BCUT2D eigenvalue weighted by molar-refractivity contribution is -0.191. The monoisotopic (exact) mass is 438 g/mol. The summed E-state index contributed by atoms with van der Waals surface area (Å²) in [7, 11) is 1.42. The number of ether oxygens (including phenoxy) is 1. The van der Waals surface area contributed by atoms with Crippen LogP contribution >= 0.6 is 0 Å². The number of carbonyl (C=O) groups excluding carboxylic acids is 2. The van der Waals surface area contributed by atoms with Crippen LogP contribution in [0.2, 0.25) is 0 Å². The molecule has 0 amide bonds. The summed E-state index contributed by atoms with van der Waals surface area (Å²) in [6.45, 7) is 6.56. The van der Waals surface area contributed by atoms with Gasteiger partial charge in [-0.15, -0.1) is 0 Å². The Bertz CT molecular complexity index is 727. The standard InChI is InChI=1S/C25H39FO5/c1-13(5-8-20(28)31-4)14-6-7-15-21-16(9-10-24(14,15)2)25(3)12-18(26)19(27)11-17(25)22(29)23(21)30/h13-19,21,23,27,30H,5-12H2,1-4H3/t13-,14-,15+,16+,17-,18+,19+,21+,23+,24-,25-/m1/s1. The molecule has 0 radical (unpaired) electrons. The molecule has 0 unspecified atom stereocenters. The van der Waals surface area contributed by atoms with Gasteiger partial charge in [0.25, 0.3) is 0 Å². The van der Waals surface area contributed by atoms with Gasteiger partial charge in [-0.05, 0) is 85.4 Å². The topological polar surface area (TPSA) is 83.8 Å². The van der Waals surface area contributed by atoms with Crippen LogP contribution in [0.5, 0.6) is 0 Å². The van der Waals surface area contributed by atoms with Crippen LogP contribution in [0, 0.1) is 46.3 Å². The molecular weight excluding hydrogens is 399 g/mol. The van der Waals surface area contributed by atoms with Crippen molar-refractivity contribution in [2.75, 3.05) is 7.11 Å². The van der Waals surface area contributed by atoms with Crippen LogP contribution in [0.25, 0.3) is 0 Å². The third kappa shape index (κ3) is 3.47. The first kappa shape index (κ1) is 23.2. The lowest BCUT2D eigenvalue weighted by Gasteiger charge is -2.61. The number of aliphatic hydroxyl groups is 2. The molecule has 11 atom stereocenters. The average molecular weight is 439 g/mol. The summed E-state index contributed by atoms with van der Waals surface area (Å²) in [6, 6.07) is 0. The number of alkyl halides is 1. The first-order valence-electron chi connectivity index (χ1n) is 12.1. The highest BCUT2D eigenvalue weighted by Gasteiger charge is 2.66. The molecule has 2 N–H and O–H groups in total. The second-order valence-electron chi connectivity index (χ2n) is 11.5. The zero-order valence-corrected chi connectivity index (χ0v) is 19.4. The van der Waals surface area contributed by atoms with Crippen molar-refractivity contribution in [1.29, 1.82) is 0 Å². The van der Waals surface area contributed by atoms with Gasteiger partial charge < -0.3 is 14.9 Å². The van der Waals surface area contributed by atoms with Crippen LogP contribution in [0.15, 0.2) is 0 Å². The van der Waals surface area contributed by atoms with E-state index in [1.807, 2.05) is 6.92 Å². The summed E-state index contributed by atoms with van der Waals surface area (Å²) in [5.41, 5.74) is -0.472. The minimum absolute atomic E-state index is 0.0183. The minimum atomic E-state index is -1.30. The molecule has 4 saturated carbocycles. The number of ketones is 1. The first-order valence-corrected chi connectivity index (χ1v) is 12.1. The van der Waals surface area contributed by atoms with E-state index in [2.05, 4.69) is 13.8 Å². The fourth-order valence-corrected chi connectivity index (χ4v) is 8.63. The third-order valence-electron chi connectivity index (χ3n) is 10.3. The van der Waals surface area contributed by atoms with Crippen molar-refractivity contribution in [3.8, 4) is 0 Å². The van der Waals surface area contributed by atoms with E-state index >= 15 is 0 Å². The third-order valence-corrected chi connectivity index (χ3v) is 10.3. The smallest absolute Gasteiger partial charge is 0.305 e. The highest BCUT2D eigenvalue weighted by atomic mass is 19.1. The Kier molecular flexibility index (Phi) is 6.04. The Balaban J connectivity index is 1.59. The Hall–Kier alpha value is -1.01. The van der Waals surface area contributed by atoms with Crippen molar-refractivity contribution in [3.05, 3.63) is 0 Å². The maximum absolute atomic E-state index is 14.6. The summed E-state index contributed by atoms with van der Waals surface area (Å²) in [5.74, 6) is 0.211. The molecular formula is C25H39FO5. The van der Waals surface area contributed by atoms with Crippen molar-refractivity contribution in [1.82, 2.24) is 0 Å². The number of fused-ring (bicyclic) bond motifs is 5. The molecule has 4 fully saturated rings. The van der Waals surface area contributed by atoms with Gasteiger partial charge in [-0.2, -0.15) is 0 Å². The number of methoxy groups -OCH3 is 1. The molecule has 4 aliphatic carbocycles. The molecule has 0 aliphatic heterocycles. The number of halogens is 1. The molecule has 5 nitrogen and oxygen atoms in total. The number of Topliss-reactive ketones (excluding diaryl/α,β-unsaturated/α-hetero) is 1. The number of hydrogen-bond acceptors (Lipinski definition) is 5. The van der Waals surface area contributed by atoms with E-state index < -0.39 is 29.7 Å². The van der Waals surface area contributed by atoms with Crippen molar-refractivity contribution in [2.24, 2.45) is 46.3 Å². The van der Waals surface area contributed by atoms with Crippen LogP contribution in [0.1, 0.15) is 72.1 Å². The number of rotatable bonds is 4. The minimum Gasteiger partial charge on any atom is -0.469 e. The molecule has 176 valence electrons. The Morgan fingerprint density at radius 2 is 1.87 bits per heavy atom. The lowest BCUT2D eigenvalue weighted by Crippen LogP contribution is -2.64. The van der Waals surface area contributed by atoms with Crippen molar-refractivity contribution in [3.63, 3.8) is 0 Å². The predicted octanol–water partition coefficient (Wildman–Crippen LogP) is 3.69. The van der Waals surface area contributed by atoms with Crippen LogP contribution in [0.4, 0.5) is 4.39 Å². The van der Waals surface area contributed by atoms with Crippen LogP contribution in [-0.2, 0) is 14.3 Å². The quantitative estimate of drug-likeness (QED) is 0.654. The van der Waals surface area contributed by atoms with Gasteiger partial charge in [-0.1, -0.05) is 20.8 Å². The molecule has 0 aromatic carbocycles. The van der Waals surface area contributed by atoms with E-state index in [1.54, 1.807) is 0 Å². The first-order chi connectivity index (χ1) is 14.5. The number of esters is 1. The second kappa shape index (κ2) is 8.09. The molecule has 0 heterocycles. The van der Waals surface area contributed by atoms with Crippen molar-refractivity contribution in [2.45, 2.75) is 90.5 Å². The van der Waals surface area contributed by atoms with Crippen LogP contribution in [0.3, 0.4) is 0 Å². The molecule has 0 saturated heterocycles. The lowest BCUT2D eigenvalue weighted by atomic mass is 9.43. The summed E-state index contributed by atoms with van der Waals surface area (Å²) in [4.78, 5) is 24.9. The highest BCUT2D eigenvalue weighted by Crippen LogP contribution is 2.68.